The summed E-state index contributed by atoms with van der Waals surface area (Å²) in [5.74, 6) is 1.14. The van der Waals surface area contributed by atoms with E-state index in [1.54, 1.807) is 19.2 Å². The van der Waals surface area contributed by atoms with Crippen molar-refractivity contribution in [1.82, 2.24) is 0 Å². The lowest BCUT2D eigenvalue weighted by atomic mass is 10.2. The van der Waals surface area contributed by atoms with Crippen LogP contribution >= 0.6 is 15.9 Å². The summed E-state index contributed by atoms with van der Waals surface area (Å²) in [7, 11) is 3.09. The lowest BCUT2D eigenvalue weighted by Gasteiger charge is -2.11. The van der Waals surface area contributed by atoms with E-state index in [4.69, 9.17) is 20.6 Å². The van der Waals surface area contributed by atoms with Crippen molar-refractivity contribution in [2.24, 2.45) is 5.73 Å². The molecule has 14 heavy (non-hydrogen) atoms. The summed E-state index contributed by atoms with van der Waals surface area (Å²) in [6.07, 6.45) is 0. The first-order valence-corrected chi connectivity index (χ1v) is 4.65. The fraction of sp³-hybridized carbons (Fsp3) is 0.222. The molecule has 76 valence electrons. The third kappa shape index (κ3) is 1.98. The van der Waals surface area contributed by atoms with E-state index < -0.39 is 0 Å². The molecule has 0 aliphatic rings. The van der Waals surface area contributed by atoms with Crippen LogP contribution in [0, 0.1) is 5.41 Å². The highest BCUT2D eigenvalue weighted by molar-refractivity contribution is 9.10. The van der Waals surface area contributed by atoms with E-state index in [0.29, 0.717) is 21.5 Å². The Morgan fingerprint density at radius 3 is 2.43 bits per heavy atom. The van der Waals surface area contributed by atoms with Gasteiger partial charge in [0.25, 0.3) is 0 Å². The van der Waals surface area contributed by atoms with Gasteiger partial charge < -0.3 is 15.2 Å². The van der Waals surface area contributed by atoms with Crippen LogP contribution in [0.5, 0.6) is 11.5 Å². The van der Waals surface area contributed by atoms with Crippen LogP contribution in [-0.2, 0) is 0 Å². The van der Waals surface area contributed by atoms with Crippen LogP contribution in [0.3, 0.4) is 0 Å². The van der Waals surface area contributed by atoms with Crippen molar-refractivity contribution in [3.63, 3.8) is 0 Å². The molecule has 0 saturated heterocycles. The molecule has 1 aromatic carbocycles. The lowest BCUT2D eigenvalue weighted by Crippen LogP contribution is -2.11. The van der Waals surface area contributed by atoms with Gasteiger partial charge in [0, 0.05) is 5.56 Å². The zero-order chi connectivity index (χ0) is 10.7. The highest BCUT2D eigenvalue weighted by atomic mass is 79.9. The monoisotopic (exact) mass is 258 g/mol. The van der Waals surface area contributed by atoms with Crippen molar-refractivity contribution in [1.29, 1.82) is 5.41 Å². The van der Waals surface area contributed by atoms with E-state index in [2.05, 4.69) is 15.9 Å². The average Bonchev–Trinajstić information content (AvgIpc) is 2.16. The molecule has 0 atom stereocenters. The molecule has 3 N–H and O–H groups in total. The zero-order valence-corrected chi connectivity index (χ0v) is 9.51. The number of nitrogen functional groups attached to an aromatic ring is 1. The third-order valence-corrected chi connectivity index (χ3v) is 2.33. The van der Waals surface area contributed by atoms with Crippen molar-refractivity contribution in [2.45, 2.75) is 0 Å². The Balaban J connectivity index is 3.31. The van der Waals surface area contributed by atoms with E-state index in [9.17, 15) is 0 Å². The first kappa shape index (κ1) is 10.8. The maximum Gasteiger partial charge on any atom is 0.174 e. The van der Waals surface area contributed by atoms with Gasteiger partial charge in [0.05, 0.1) is 18.7 Å². The zero-order valence-electron chi connectivity index (χ0n) is 7.93. The van der Waals surface area contributed by atoms with Crippen LogP contribution in [0.15, 0.2) is 16.6 Å². The molecule has 0 unspecified atom stereocenters. The van der Waals surface area contributed by atoms with Gasteiger partial charge in [-0.25, -0.2) is 0 Å². The Bertz CT molecular complexity index is 366. The summed E-state index contributed by atoms with van der Waals surface area (Å²) < 4.78 is 10.9. The van der Waals surface area contributed by atoms with E-state index in [1.807, 2.05) is 0 Å². The van der Waals surface area contributed by atoms with Crippen LogP contribution in [0.25, 0.3) is 0 Å². The quantitative estimate of drug-likeness (QED) is 0.641. The van der Waals surface area contributed by atoms with Gasteiger partial charge in [-0.2, -0.15) is 0 Å². The van der Waals surface area contributed by atoms with Gasteiger partial charge in [0.1, 0.15) is 5.84 Å². The Labute approximate surface area is 90.6 Å². The molecular formula is C9H11BrN2O2. The summed E-state index contributed by atoms with van der Waals surface area (Å²) in [4.78, 5) is 0. The number of hydrogen-bond donors (Lipinski definition) is 2. The number of amidine groups is 1. The molecule has 4 nitrogen and oxygen atoms in total. The van der Waals surface area contributed by atoms with Gasteiger partial charge >= 0.3 is 0 Å². The minimum absolute atomic E-state index is 0.00773. The smallest absolute Gasteiger partial charge is 0.174 e. The maximum absolute atomic E-state index is 7.29. The molecule has 1 rings (SSSR count). The number of nitrogens with two attached hydrogens (primary N) is 1. The van der Waals surface area contributed by atoms with Crippen LogP contribution < -0.4 is 15.2 Å². The molecule has 0 fully saturated rings. The van der Waals surface area contributed by atoms with Crippen molar-refractivity contribution in [3.05, 3.63) is 22.2 Å². The number of ether oxygens (including phenoxy) is 2. The van der Waals surface area contributed by atoms with Crippen LogP contribution in [0.2, 0.25) is 0 Å². The van der Waals surface area contributed by atoms with E-state index >= 15 is 0 Å². The van der Waals surface area contributed by atoms with E-state index in [1.165, 1.54) is 7.11 Å². The normalized spacial score (nSPS) is 9.64. The van der Waals surface area contributed by atoms with Gasteiger partial charge in [-0.1, -0.05) is 0 Å². The highest BCUT2D eigenvalue weighted by Gasteiger charge is 2.11. The molecule has 0 saturated carbocycles. The molecule has 5 heteroatoms. The second-order valence-electron chi connectivity index (χ2n) is 2.61. The lowest BCUT2D eigenvalue weighted by molar-refractivity contribution is 0.353. The topological polar surface area (TPSA) is 68.3 Å². The van der Waals surface area contributed by atoms with Gasteiger partial charge in [0.15, 0.2) is 11.5 Å². The second kappa shape index (κ2) is 4.32. The summed E-state index contributed by atoms with van der Waals surface area (Å²) in [6.45, 7) is 0. The summed E-state index contributed by atoms with van der Waals surface area (Å²) in [5.41, 5.74) is 5.96. The molecule has 0 spiro atoms. The van der Waals surface area contributed by atoms with Crippen LogP contribution in [0.1, 0.15) is 5.56 Å². The van der Waals surface area contributed by atoms with Crippen LogP contribution in [-0.4, -0.2) is 20.1 Å². The van der Waals surface area contributed by atoms with Gasteiger partial charge in [0.2, 0.25) is 0 Å². The molecule has 0 heterocycles. The average molecular weight is 259 g/mol. The van der Waals surface area contributed by atoms with Gasteiger partial charge in [-0.3, -0.25) is 5.41 Å². The van der Waals surface area contributed by atoms with Crippen molar-refractivity contribution < 1.29 is 9.47 Å². The Morgan fingerprint density at radius 1 is 1.36 bits per heavy atom. The fourth-order valence-corrected chi connectivity index (χ4v) is 1.68. The number of rotatable bonds is 3. The highest BCUT2D eigenvalue weighted by Crippen LogP contribution is 2.35. The summed E-state index contributed by atoms with van der Waals surface area (Å²) in [6, 6.07) is 3.37. The third-order valence-electron chi connectivity index (χ3n) is 1.74. The molecule has 0 aliphatic carbocycles. The number of nitrogens with one attached hydrogen (secondary N) is 1. The van der Waals surface area contributed by atoms with Gasteiger partial charge in [-0.05, 0) is 28.1 Å². The van der Waals surface area contributed by atoms with E-state index in [0.717, 1.165) is 0 Å². The van der Waals surface area contributed by atoms with E-state index in [-0.39, 0.29) is 5.84 Å². The number of methoxy groups -OCH3 is 2. The summed E-state index contributed by atoms with van der Waals surface area (Å²) in [5, 5.41) is 7.29. The van der Waals surface area contributed by atoms with Crippen molar-refractivity contribution in [3.8, 4) is 11.5 Å². The van der Waals surface area contributed by atoms with Gasteiger partial charge in [-0.15, -0.1) is 0 Å². The summed E-state index contributed by atoms with van der Waals surface area (Å²) >= 11 is 3.31. The molecule has 1 aromatic rings. The molecule has 0 radical (unpaired) electrons. The molecule has 0 amide bonds. The first-order valence-electron chi connectivity index (χ1n) is 3.86. The van der Waals surface area contributed by atoms with Crippen molar-refractivity contribution >= 4 is 21.8 Å². The SMILES string of the molecule is COc1cc(C(=N)N)cc(Br)c1OC. The fourth-order valence-electron chi connectivity index (χ4n) is 1.07. The second-order valence-corrected chi connectivity index (χ2v) is 3.46. The predicted octanol–water partition coefficient (Wildman–Crippen LogP) is 1.75. The Kier molecular flexibility index (Phi) is 3.35. The minimum Gasteiger partial charge on any atom is -0.493 e. The van der Waals surface area contributed by atoms with Crippen LogP contribution in [0.4, 0.5) is 0 Å². The molecule has 0 bridgehead atoms. The molecule has 0 aliphatic heterocycles. The molecular weight excluding hydrogens is 248 g/mol. The predicted molar refractivity (Wildman–Crippen MR) is 58.3 cm³/mol. The largest absolute Gasteiger partial charge is 0.493 e. The number of halogens is 1. The number of hydrogen-bond acceptors (Lipinski definition) is 3. The standard InChI is InChI=1S/C9H11BrN2O2/c1-13-7-4-5(9(11)12)3-6(10)8(7)14-2/h3-4H,1-2H3,(H3,11,12). The Hall–Kier alpha value is -1.23. The van der Waals surface area contributed by atoms with Crippen molar-refractivity contribution in [2.75, 3.05) is 14.2 Å². The molecule has 0 aromatic heterocycles. The first-order chi connectivity index (χ1) is 6.60. The minimum atomic E-state index is -0.00773. The Morgan fingerprint density at radius 2 is 2.00 bits per heavy atom. The maximum atomic E-state index is 7.29. The number of benzene rings is 1.